The third-order valence-corrected chi connectivity index (χ3v) is 9.60. The van der Waals surface area contributed by atoms with Crippen molar-refractivity contribution in [3.63, 3.8) is 0 Å². The number of esters is 1. The number of aliphatic hydroxyl groups excluding tert-OH is 1. The van der Waals surface area contributed by atoms with Gasteiger partial charge in [0.25, 0.3) is 0 Å². The monoisotopic (exact) mass is 637 g/mol. The van der Waals surface area contributed by atoms with Crippen molar-refractivity contribution in [3.05, 3.63) is 61.2 Å². The number of unbranched alkanes of at least 4 members (excludes halogenated alkanes) is 3. The molecule has 10 nitrogen and oxygen atoms in total. The van der Waals surface area contributed by atoms with E-state index in [1.165, 1.54) is 0 Å². The predicted octanol–water partition coefficient (Wildman–Crippen LogP) is 4.09. The van der Waals surface area contributed by atoms with E-state index in [9.17, 15) is 24.3 Å². The van der Waals surface area contributed by atoms with Gasteiger partial charge in [0.2, 0.25) is 17.7 Å². The molecule has 0 saturated carbocycles. The minimum atomic E-state index is -1.13. The summed E-state index contributed by atoms with van der Waals surface area (Å²) in [6.45, 7) is 12.7. The van der Waals surface area contributed by atoms with E-state index in [0.717, 1.165) is 18.4 Å². The molecule has 3 aliphatic heterocycles. The van der Waals surface area contributed by atoms with Crippen LogP contribution in [0.3, 0.4) is 0 Å². The highest BCUT2D eigenvalue weighted by atomic mass is 16.6. The Morgan fingerprint density at radius 1 is 1.17 bits per heavy atom. The highest BCUT2D eigenvalue weighted by Gasteiger charge is 2.75. The lowest BCUT2D eigenvalue weighted by Gasteiger charge is -2.37. The van der Waals surface area contributed by atoms with Crippen molar-refractivity contribution in [2.24, 2.45) is 11.8 Å². The number of hydrogen-bond donors (Lipinski definition) is 2. The van der Waals surface area contributed by atoms with E-state index in [-0.39, 0.29) is 30.7 Å². The summed E-state index contributed by atoms with van der Waals surface area (Å²) >= 11 is 0. The van der Waals surface area contributed by atoms with E-state index in [1.807, 2.05) is 30.3 Å². The molecule has 2 bridgehead atoms. The fourth-order valence-corrected chi connectivity index (χ4v) is 7.42. The van der Waals surface area contributed by atoms with Gasteiger partial charge >= 0.3 is 5.97 Å². The summed E-state index contributed by atoms with van der Waals surface area (Å²) in [5.41, 5.74) is -0.406. The molecule has 46 heavy (non-hydrogen) atoms. The molecular formula is C36H51N3O7. The van der Waals surface area contributed by atoms with Crippen molar-refractivity contribution in [2.75, 3.05) is 26.2 Å². The van der Waals surface area contributed by atoms with Crippen LogP contribution in [-0.4, -0.2) is 88.6 Å². The molecule has 0 unspecified atom stereocenters. The fraction of sp³-hybridized carbons (Fsp3) is 0.611. The number of benzene rings is 1. The van der Waals surface area contributed by atoms with Gasteiger partial charge in [-0.15, -0.1) is 13.2 Å². The molecule has 1 aromatic carbocycles. The first-order valence-corrected chi connectivity index (χ1v) is 16.9. The van der Waals surface area contributed by atoms with E-state index in [2.05, 4.69) is 25.4 Å². The second-order valence-corrected chi connectivity index (χ2v) is 12.8. The molecule has 3 fully saturated rings. The van der Waals surface area contributed by atoms with E-state index in [4.69, 9.17) is 9.47 Å². The molecule has 3 saturated heterocycles. The van der Waals surface area contributed by atoms with Crippen LogP contribution >= 0.6 is 0 Å². The van der Waals surface area contributed by atoms with Crippen molar-refractivity contribution in [2.45, 2.75) is 102 Å². The van der Waals surface area contributed by atoms with E-state index in [1.54, 1.807) is 28.9 Å². The number of likely N-dealkylation sites (tertiary alicyclic amines) is 1. The number of hydrogen-bond acceptors (Lipinski definition) is 7. The average Bonchev–Trinajstić information content (AvgIpc) is 3.70. The molecule has 0 aromatic heterocycles. The average molecular weight is 638 g/mol. The Morgan fingerprint density at radius 2 is 1.93 bits per heavy atom. The van der Waals surface area contributed by atoms with Crippen LogP contribution in [0.5, 0.6) is 0 Å². The Hall–Kier alpha value is -3.50. The van der Waals surface area contributed by atoms with E-state index < -0.39 is 47.7 Å². The topological polar surface area (TPSA) is 125 Å². The van der Waals surface area contributed by atoms with Gasteiger partial charge in [-0.2, -0.15) is 0 Å². The maximum Gasteiger partial charge on any atom is 0.313 e. The molecule has 2 N–H and O–H groups in total. The van der Waals surface area contributed by atoms with E-state index >= 15 is 0 Å². The van der Waals surface area contributed by atoms with Crippen LogP contribution < -0.4 is 5.32 Å². The van der Waals surface area contributed by atoms with Crippen LogP contribution in [-0.2, 0) is 28.7 Å². The van der Waals surface area contributed by atoms with Crippen molar-refractivity contribution in [1.82, 2.24) is 15.1 Å². The number of rotatable bonds is 19. The zero-order chi connectivity index (χ0) is 33.3. The molecule has 1 aromatic rings. The number of allylic oxidation sites excluding steroid dienone is 1. The highest BCUT2D eigenvalue weighted by Crippen LogP contribution is 2.59. The van der Waals surface area contributed by atoms with Gasteiger partial charge in [-0.05, 0) is 57.4 Å². The number of nitrogens with one attached hydrogen (secondary N) is 1. The SMILES string of the molecule is C=CCCC(=O)N[C@H](C)[C@@H](OC(=O)[C@@H]1[C@@H]2CC[C@]3(O2)[C@H](C(=O)N(CC=C)CCCC)N(CCCCCO)C(=O)[C@@H]13)c1ccccc1. The van der Waals surface area contributed by atoms with Crippen LogP contribution in [0.2, 0.25) is 0 Å². The normalized spacial score (nSPS) is 25.9. The first-order valence-electron chi connectivity index (χ1n) is 16.9. The molecule has 1 spiro atoms. The van der Waals surface area contributed by atoms with Gasteiger partial charge < -0.3 is 29.7 Å². The summed E-state index contributed by atoms with van der Waals surface area (Å²) in [5, 5.41) is 12.3. The third kappa shape index (κ3) is 7.39. The second-order valence-electron chi connectivity index (χ2n) is 12.8. The lowest BCUT2D eigenvalue weighted by Crippen LogP contribution is -2.56. The molecule has 3 aliphatic rings. The predicted molar refractivity (Wildman–Crippen MR) is 174 cm³/mol. The Morgan fingerprint density at radius 3 is 2.61 bits per heavy atom. The van der Waals surface area contributed by atoms with Crippen molar-refractivity contribution < 1.29 is 33.8 Å². The molecule has 4 rings (SSSR count). The van der Waals surface area contributed by atoms with Crippen LogP contribution in [0.1, 0.15) is 83.3 Å². The van der Waals surface area contributed by atoms with Gasteiger partial charge in [-0.25, -0.2) is 0 Å². The minimum Gasteiger partial charge on any atom is -0.455 e. The van der Waals surface area contributed by atoms with Crippen molar-refractivity contribution >= 4 is 23.7 Å². The Labute approximate surface area is 273 Å². The standard InChI is InChI=1S/C36H51N3O7/c1-5-8-18-28(41)37-25(4)31(26-16-12-10-13-17-26)45-35(44)29-27-19-20-36(46-27)30(29)33(42)39(23-14-11-15-24-40)32(36)34(43)38(21-7-3)22-9-6-2/h5,7,10,12-13,16-17,25,27,29-32,40H,1,3,6,8-9,11,14-15,18-24H2,2,4H3,(H,37,41)/t25-,27+,29-,30-,31-,32+,36-/m1/s1. The quantitative estimate of drug-likeness (QED) is 0.133. The first-order chi connectivity index (χ1) is 22.2. The minimum absolute atomic E-state index is 0.0570. The van der Waals surface area contributed by atoms with Gasteiger partial charge in [0.05, 0.1) is 24.0 Å². The summed E-state index contributed by atoms with van der Waals surface area (Å²) in [4.78, 5) is 58.8. The summed E-state index contributed by atoms with van der Waals surface area (Å²) in [5.74, 6) is -2.91. The molecule has 10 heteroatoms. The Bertz CT molecular complexity index is 1240. The summed E-state index contributed by atoms with van der Waals surface area (Å²) in [6, 6.07) is 7.84. The van der Waals surface area contributed by atoms with Gasteiger partial charge in [-0.3, -0.25) is 19.2 Å². The molecular weight excluding hydrogens is 586 g/mol. The van der Waals surface area contributed by atoms with Crippen molar-refractivity contribution in [3.8, 4) is 0 Å². The zero-order valence-electron chi connectivity index (χ0n) is 27.4. The maximum absolute atomic E-state index is 14.3. The fourth-order valence-electron chi connectivity index (χ4n) is 7.42. The smallest absolute Gasteiger partial charge is 0.313 e. The molecule has 3 heterocycles. The number of carbonyl (C=O) groups excluding carboxylic acids is 4. The largest absolute Gasteiger partial charge is 0.455 e. The molecule has 252 valence electrons. The van der Waals surface area contributed by atoms with Gasteiger partial charge in [-0.1, -0.05) is 55.8 Å². The second kappa shape index (κ2) is 16.4. The van der Waals surface area contributed by atoms with E-state index in [0.29, 0.717) is 58.2 Å². The first kappa shape index (κ1) is 35.4. The van der Waals surface area contributed by atoms with Gasteiger partial charge in [0, 0.05) is 32.7 Å². The summed E-state index contributed by atoms with van der Waals surface area (Å²) < 4.78 is 12.8. The third-order valence-electron chi connectivity index (χ3n) is 9.60. The lowest BCUT2D eigenvalue weighted by atomic mass is 9.70. The molecule has 3 amide bonds. The number of amides is 3. The Balaban J connectivity index is 1.63. The van der Waals surface area contributed by atoms with Gasteiger partial charge in [0.1, 0.15) is 17.7 Å². The summed E-state index contributed by atoms with van der Waals surface area (Å²) in [6.07, 6.45) is 7.50. The number of aliphatic hydroxyl groups is 1. The van der Waals surface area contributed by atoms with Crippen molar-refractivity contribution in [1.29, 1.82) is 0 Å². The number of carbonyl (C=O) groups is 4. The molecule has 7 atom stereocenters. The number of fused-ring (bicyclic) bond motifs is 1. The Kier molecular flexibility index (Phi) is 12.6. The summed E-state index contributed by atoms with van der Waals surface area (Å²) in [7, 11) is 0. The zero-order valence-corrected chi connectivity index (χ0v) is 27.4. The highest BCUT2D eigenvalue weighted by molar-refractivity contribution is 5.98. The van der Waals surface area contributed by atoms with Crippen LogP contribution in [0.25, 0.3) is 0 Å². The van der Waals surface area contributed by atoms with Gasteiger partial charge in [0.15, 0.2) is 0 Å². The number of ether oxygens (including phenoxy) is 2. The lowest BCUT2D eigenvalue weighted by molar-refractivity contribution is -0.162. The molecule has 0 aliphatic carbocycles. The maximum atomic E-state index is 14.3. The van der Waals surface area contributed by atoms with Crippen LogP contribution in [0.4, 0.5) is 0 Å². The molecule has 0 radical (unpaired) electrons. The van der Waals surface area contributed by atoms with Crippen LogP contribution in [0, 0.1) is 11.8 Å². The number of nitrogens with zero attached hydrogens (tertiary/aromatic N) is 2. The van der Waals surface area contributed by atoms with Crippen LogP contribution in [0.15, 0.2) is 55.6 Å².